The van der Waals surface area contributed by atoms with Crippen LogP contribution in [0.2, 0.25) is 5.02 Å². The minimum absolute atomic E-state index is 0.0477. The molecule has 1 aliphatic rings. The number of benzene rings is 1. The minimum atomic E-state index is -0.662. The molecule has 0 unspecified atom stereocenters. The number of aliphatic hydroxyl groups is 1. The Balaban J connectivity index is 1.77. The van der Waals surface area contributed by atoms with Gasteiger partial charge in [-0.05, 0) is 32.4 Å². The molecule has 2 atom stereocenters. The zero-order valence-electron chi connectivity index (χ0n) is 16.6. The summed E-state index contributed by atoms with van der Waals surface area (Å²) in [6, 6.07) is 2.98. The van der Waals surface area contributed by atoms with Crippen LogP contribution in [0.4, 0.5) is 10.3 Å². The van der Waals surface area contributed by atoms with Crippen molar-refractivity contribution >= 4 is 40.2 Å². The Bertz CT molecular complexity index is 1080. The number of anilines is 1. The zero-order valence-corrected chi connectivity index (χ0v) is 18.1. The fourth-order valence-corrected chi connectivity index (χ4v) is 4.09. The smallest absolute Gasteiger partial charge is 0.223 e. The number of hydrogen-bond donors (Lipinski definition) is 2. The molecule has 10 heteroatoms. The van der Waals surface area contributed by atoms with Crippen molar-refractivity contribution in [2.75, 3.05) is 18.5 Å². The third kappa shape index (κ3) is 3.97. The van der Waals surface area contributed by atoms with Crippen molar-refractivity contribution in [1.29, 1.82) is 0 Å². The predicted octanol–water partition coefficient (Wildman–Crippen LogP) is 4.17. The van der Waals surface area contributed by atoms with E-state index in [1.54, 1.807) is 0 Å². The van der Waals surface area contributed by atoms with Gasteiger partial charge in [0.15, 0.2) is 5.82 Å². The fourth-order valence-electron chi connectivity index (χ4n) is 3.70. The van der Waals surface area contributed by atoms with Crippen molar-refractivity contribution in [2.45, 2.75) is 44.3 Å². The second kappa shape index (κ2) is 8.63. The Hall–Kier alpha value is -2.00. The van der Waals surface area contributed by atoms with Crippen LogP contribution >= 0.6 is 23.2 Å². The van der Waals surface area contributed by atoms with Crippen LogP contribution in [-0.4, -0.2) is 50.0 Å². The second-order valence-corrected chi connectivity index (χ2v) is 8.20. The molecule has 0 amide bonds. The largest absolute Gasteiger partial charge is 0.389 e. The van der Waals surface area contributed by atoms with Crippen LogP contribution in [0.1, 0.15) is 32.1 Å². The SMILES string of the molecule is CC(C)n1c(CCl)nc2c(F)cc(-c3nc(N[C@@H]4CCOC[C@H]4O)ncc3Cl)cc21. The summed E-state index contributed by atoms with van der Waals surface area (Å²) in [6.07, 6.45) is 1.42. The molecule has 2 aromatic heterocycles. The second-order valence-electron chi connectivity index (χ2n) is 7.52. The molecule has 3 heterocycles. The molecule has 1 aromatic carbocycles. The summed E-state index contributed by atoms with van der Waals surface area (Å²) < 4.78 is 22.1. The van der Waals surface area contributed by atoms with Gasteiger partial charge in [0.05, 0.1) is 47.1 Å². The summed E-state index contributed by atoms with van der Waals surface area (Å²) in [6.45, 7) is 4.77. The number of aromatic nitrogens is 4. The Morgan fingerprint density at radius 2 is 2.17 bits per heavy atom. The summed E-state index contributed by atoms with van der Waals surface area (Å²) >= 11 is 12.4. The standard InChI is InChI=1S/C20H22Cl2FN5O2/c1-10(2)28-15-6-11(5-13(23)19(15)26-17(28)7-21)18-12(22)8-24-20(27-18)25-14-3-4-30-9-16(14)29/h5-6,8,10,14,16,29H,3-4,7,9H2,1-2H3,(H,24,25,27)/t14-,16-/m1/s1. The van der Waals surface area contributed by atoms with Crippen LogP contribution in [0.3, 0.4) is 0 Å². The molecule has 0 saturated carbocycles. The summed E-state index contributed by atoms with van der Waals surface area (Å²) in [7, 11) is 0. The monoisotopic (exact) mass is 453 g/mol. The molecule has 160 valence electrons. The molecule has 0 spiro atoms. The van der Waals surface area contributed by atoms with Crippen molar-refractivity contribution in [3.63, 3.8) is 0 Å². The molecule has 1 saturated heterocycles. The number of nitrogens with zero attached hydrogens (tertiary/aromatic N) is 4. The highest BCUT2D eigenvalue weighted by atomic mass is 35.5. The lowest BCUT2D eigenvalue weighted by atomic mass is 10.1. The minimum Gasteiger partial charge on any atom is -0.389 e. The van der Waals surface area contributed by atoms with E-state index in [0.717, 1.165) is 0 Å². The van der Waals surface area contributed by atoms with Crippen LogP contribution in [0.5, 0.6) is 0 Å². The van der Waals surface area contributed by atoms with Gasteiger partial charge in [0.2, 0.25) is 5.95 Å². The normalized spacial score (nSPS) is 19.6. The average Bonchev–Trinajstić information content (AvgIpc) is 3.10. The molecule has 3 aromatic rings. The summed E-state index contributed by atoms with van der Waals surface area (Å²) in [4.78, 5) is 13.0. The Labute approximate surface area is 183 Å². The molecular weight excluding hydrogens is 432 g/mol. The van der Waals surface area contributed by atoms with Gasteiger partial charge in [0.1, 0.15) is 11.3 Å². The zero-order chi connectivity index (χ0) is 21.4. The third-order valence-corrected chi connectivity index (χ3v) is 5.63. The summed E-state index contributed by atoms with van der Waals surface area (Å²) in [5.74, 6) is 0.608. The van der Waals surface area contributed by atoms with E-state index >= 15 is 0 Å². The average molecular weight is 454 g/mol. The fraction of sp³-hybridized carbons (Fsp3) is 0.450. The van der Waals surface area contributed by atoms with Gasteiger partial charge in [-0.25, -0.2) is 19.3 Å². The van der Waals surface area contributed by atoms with E-state index < -0.39 is 11.9 Å². The van der Waals surface area contributed by atoms with Crippen LogP contribution in [0, 0.1) is 5.82 Å². The maximum atomic E-state index is 14.9. The van der Waals surface area contributed by atoms with Gasteiger partial charge in [0.25, 0.3) is 0 Å². The van der Waals surface area contributed by atoms with Gasteiger partial charge in [-0.1, -0.05) is 11.6 Å². The van der Waals surface area contributed by atoms with Gasteiger partial charge in [-0.3, -0.25) is 0 Å². The number of hydrogen-bond acceptors (Lipinski definition) is 6. The lowest BCUT2D eigenvalue weighted by Gasteiger charge is -2.28. The summed E-state index contributed by atoms with van der Waals surface area (Å²) in [5, 5.41) is 13.5. The number of halogens is 3. The predicted molar refractivity (Wildman–Crippen MR) is 115 cm³/mol. The number of fused-ring (bicyclic) bond motifs is 1. The number of rotatable bonds is 5. The Kier molecular flexibility index (Phi) is 6.11. The van der Waals surface area contributed by atoms with Crippen LogP contribution in [0.25, 0.3) is 22.3 Å². The van der Waals surface area contributed by atoms with Gasteiger partial charge in [-0.15, -0.1) is 11.6 Å². The molecule has 0 bridgehead atoms. The first-order valence-electron chi connectivity index (χ1n) is 9.70. The molecule has 4 rings (SSSR count). The maximum Gasteiger partial charge on any atom is 0.223 e. The van der Waals surface area contributed by atoms with E-state index in [1.807, 2.05) is 24.5 Å². The molecule has 2 N–H and O–H groups in total. The maximum absolute atomic E-state index is 14.9. The molecule has 0 aliphatic carbocycles. The van der Waals surface area contributed by atoms with Gasteiger partial charge >= 0.3 is 0 Å². The highest BCUT2D eigenvalue weighted by Crippen LogP contribution is 2.32. The van der Waals surface area contributed by atoms with Crippen LogP contribution < -0.4 is 5.32 Å². The van der Waals surface area contributed by atoms with Crippen molar-refractivity contribution in [3.05, 3.63) is 35.0 Å². The van der Waals surface area contributed by atoms with E-state index in [2.05, 4.69) is 20.3 Å². The Morgan fingerprint density at radius 1 is 1.37 bits per heavy atom. The van der Waals surface area contributed by atoms with E-state index in [4.69, 9.17) is 27.9 Å². The van der Waals surface area contributed by atoms with Gasteiger partial charge in [-0.2, -0.15) is 0 Å². The topological polar surface area (TPSA) is 85.1 Å². The van der Waals surface area contributed by atoms with Crippen LogP contribution in [-0.2, 0) is 10.6 Å². The quantitative estimate of drug-likeness (QED) is 0.563. The van der Waals surface area contributed by atoms with Crippen molar-refractivity contribution in [1.82, 2.24) is 19.5 Å². The molecular formula is C20H22Cl2FN5O2. The van der Waals surface area contributed by atoms with Crippen LogP contribution in [0.15, 0.2) is 18.3 Å². The molecule has 30 heavy (non-hydrogen) atoms. The number of ether oxygens (including phenoxy) is 1. The van der Waals surface area contributed by atoms with E-state index in [0.29, 0.717) is 46.6 Å². The number of alkyl halides is 1. The number of imidazole rings is 1. The van der Waals surface area contributed by atoms with Crippen molar-refractivity contribution in [2.24, 2.45) is 0 Å². The molecule has 0 radical (unpaired) electrons. The first kappa shape index (κ1) is 21.2. The molecule has 1 fully saturated rings. The van der Waals surface area contributed by atoms with Gasteiger partial charge in [0, 0.05) is 18.2 Å². The first-order chi connectivity index (χ1) is 14.4. The first-order valence-corrected chi connectivity index (χ1v) is 10.6. The van der Waals surface area contributed by atoms with Gasteiger partial charge < -0.3 is 19.7 Å². The number of nitrogens with one attached hydrogen (secondary N) is 1. The van der Waals surface area contributed by atoms with E-state index in [9.17, 15) is 9.50 Å². The lowest BCUT2D eigenvalue weighted by molar-refractivity contribution is -0.0136. The highest BCUT2D eigenvalue weighted by Gasteiger charge is 2.25. The van der Waals surface area contributed by atoms with E-state index in [1.165, 1.54) is 12.3 Å². The highest BCUT2D eigenvalue weighted by molar-refractivity contribution is 6.33. The Morgan fingerprint density at radius 3 is 2.87 bits per heavy atom. The van der Waals surface area contributed by atoms with Crippen molar-refractivity contribution in [3.8, 4) is 11.3 Å². The van der Waals surface area contributed by atoms with E-state index in [-0.39, 0.29) is 30.1 Å². The third-order valence-electron chi connectivity index (χ3n) is 5.12. The summed E-state index contributed by atoms with van der Waals surface area (Å²) in [5.41, 5.74) is 1.78. The number of aliphatic hydroxyl groups excluding tert-OH is 1. The lowest BCUT2D eigenvalue weighted by Crippen LogP contribution is -2.42. The van der Waals surface area contributed by atoms with Crippen molar-refractivity contribution < 1.29 is 14.2 Å². The molecule has 1 aliphatic heterocycles. The molecule has 7 nitrogen and oxygen atoms in total.